The molecule has 0 bridgehead atoms. The normalized spacial score (nSPS) is 14.4. The zero-order chi connectivity index (χ0) is 12.5. The Morgan fingerprint density at radius 2 is 1.78 bits per heavy atom. The zero-order valence-electron chi connectivity index (χ0n) is 10.1. The van der Waals surface area contributed by atoms with Crippen molar-refractivity contribution in [1.82, 2.24) is 0 Å². The molecule has 2 aromatic rings. The van der Waals surface area contributed by atoms with Gasteiger partial charge in [0.2, 0.25) is 0 Å². The number of rotatable bonds is 1. The number of benzene rings is 2. The fourth-order valence-corrected chi connectivity index (χ4v) is 2.50. The summed E-state index contributed by atoms with van der Waals surface area (Å²) in [6.45, 7) is 1.68. The van der Waals surface area contributed by atoms with Gasteiger partial charge >= 0.3 is 0 Å². The Kier molecular flexibility index (Phi) is 2.67. The Morgan fingerprint density at radius 3 is 2.61 bits per heavy atom. The Labute approximate surface area is 106 Å². The van der Waals surface area contributed by atoms with Gasteiger partial charge in [-0.2, -0.15) is 0 Å². The van der Waals surface area contributed by atoms with Crippen molar-refractivity contribution in [3.8, 4) is 0 Å². The fraction of sp³-hybridized carbons (Fsp3) is 0.200. The predicted octanol–water partition coefficient (Wildman–Crippen LogP) is 2.97. The van der Waals surface area contributed by atoms with Crippen molar-refractivity contribution in [2.45, 2.75) is 13.0 Å². The number of hydrogen-bond donors (Lipinski definition) is 1. The third-order valence-electron chi connectivity index (χ3n) is 3.50. The third-order valence-corrected chi connectivity index (χ3v) is 3.50. The molecule has 18 heavy (non-hydrogen) atoms. The average Bonchev–Trinajstić information content (AvgIpc) is 2.41. The predicted molar refractivity (Wildman–Crippen MR) is 72.0 cm³/mol. The Bertz CT molecular complexity index is 580. The Hall–Kier alpha value is -2.03. The van der Waals surface area contributed by atoms with Gasteiger partial charge in [-0.1, -0.05) is 30.3 Å². The smallest absolute Gasteiger partial charge is 0.148 e. The van der Waals surface area contributed by atoms with E-state index in [1.807, 2.05) is 12.1 Å². The SMILES string of the molecule is Nc1c(F)cccc1N1CCc2ccccc2C1. The minimum atomic E-state index is -0.341. The van der Waals surface area contributed by atoms with Gasteiger partial charge in [0.25, 0.3) is 0 Å². The number of nitrogens with zero attached hydrogens (tertiary/aromatic N) is 1. The van der Waals surface area contributed by atoms with Crippen molar-refractivity contribution in [3.63, 3.8) is 0 Å². The minimum absolute atomic E-state index is 0.247. The summed E-state index contributed by atoms with van der Waals surface area (Å²) in [5, 5.41) is 0. The molecule has 1 heterocycles. The van der Waals surface area contributed by atoms with Gasteiger partial charge in [0.15, 0.2) is 0 Å². The number of para-hydroxylation sites is 1. The summed E-state index contributed by atoms with van der Waals surface area (Å²) < 4.78 is 13.5. The van der Waals surface area contributed by atoms with Crippen molar-refractivity contribution in [1.29, 1.82) is 0 Å². The van der Waals surface area contributed by atoms with Crippen molar-refractivity contribution in [3.05, 3.63) is 59.4 Å². The first kappa shape index (κ1) is 11.1. The fourth-order valence-electron chi connectivity index (χ4n) is 2.50. The van der Waals surface area contributed by atoms with Gasteiger partial charge in [0.1, 0.15) is 5.82 Å². The van der Waals surface area contributed by atoms with Gasteiger partial charge in [0, 0.05) is 13.1 Å². The second kappa shape index (κ2) is 4.33. The van der Waals surface area contributed by atoms with Crippen molar-refractivity contribution >= 4 is 11.4 Å². The lowest BCUT2D eigenvalue weighted by molar-refractivity contribution is 0.630. The lowest BCUT2D eigenvalue weighted by atomic mass is 9.99. The molecule has 0 radical (unpaired) electrons. The van der Waals surface area contributed by atoms with Crippen LogP contribution in [0.5, 0.6) is 0 Å². The van der Waals surface area contributed by atoms with Crippen LogP contribution < -0.4 is 10.6 Å². The third kappa shape index (κ3) is 1.82. The van der Waals surface area contributed by atoms with E-state index in [9.17, 15) is 4.39 Å². The van der Waals surface area contributed by atoms with E-state index in [1.165, 1.54) is 17.2 Å². The molecular weight excluding hydrogens is 227 g/mol. The molecule has 2 N–H and O–H groups in total. The van der Waals surface area contributed by atoms with Gasteiger partial charge < -0.3 is 10.6 Å². The van der Waals surface area contributed by atoms with E-state index in [2.05, 4.69) is 23.1 Å². The number of nitrogen functional groups attached to an aromatic ring is 1. The number of halogens is 1. The first-order valence-corrected chi connectivity index (χ1v) is 6.11. The van der Waals surface area contributed by atoms with Crippen LogP contribution >= 0.6 is 0 Å². The molecule has 2 nitrogen and oxygen atoms in total. The molecule has 0 unspecified atom stereocenters. The highest BCUT2D eigenvalue weighted by Gasteiger charge is 2.18. The van der Waals surface area contributed by atoms with Crippen LogP contribution in [0, 0.1) is 5.82 Å². The van der Waals surface area contributed by atoms with Gasteiger partial charge in [0.05, 0.1) is 11.4 Å². The highest BCUT2D eigenvalue weighted by Crippen LogP contribution is 2.30. The second-order valence-corrected chi connectivity index (χ2v) is 4.61. The molecule has 1 aliphatic heterocycles. The Balaban J connectivity index is 1.94. The van der Waals surface area contributed by atoms with Crippen LogP contribution in [-0.2, 0) is 13.0 Å². The average molecular weight is 242 g/mol. The molecule has 3 rings (SSSR count). The summed E-state index contributed by atoms with van der Waals surface area (Å²) in [4.78, 5) is 2.14. The quantitative estimate of drug-likeness (QED) is 0.779. The second-order valence-electron chi connectivity index (χ2n) is 4.61. The molecule has 0 amide bonds. The van der Waals surface area contributed by atoms with Crippen LogP contribution in [0.15, 0.2) is 42.5 Å². The van der Waals surface area contributed by atoms with Crippen LogP contribution in [0.2, 0.25) is 0 Å². The van der Waals surface area contributed by atoms with E-state index in [0.29, 0.717) is 0 Å². The molecule has 0 aliphatic carbocycles. The number of hydrogen-bond acceptors (Lipinski definition) is 2. The monoisotopic (exact) mass is 242 g/mol. The first-order valence-electron chi connectivity index (χ1n) is 6.11. The first-order chi connectivity index (χ1) is 8.75. The summed E-state index contributed by atoms with van der Waals surface area (Å²) in [5.74, 6) is -0.341. The molecule has 0 fully saturated rings. The molecular formula is C15H15FN2. The summed E-state index contributed by atoms with van der Waals surface area (Å²) in [5.41, 5.74) is 9.54. The maximum absolute atomic E-state index is 13.5. The standard InChI is InChI=1S/C15H15FN2/c16-13-6-3-7-14(15(13)17)18-9-8-11-4-1-2-5-12(11)10-18/h1-7H,8-10,17H2. The number of anilines is 2. The van der Waals surface area contributed by atoms with Crippen LogP contribution in [0.4, 0.5) is 15.8 Å². The summed E-state index contributed by atoms with van der Waals surface area (Å²) in [6.07, 6.45) is 0.978. The van der Waals surface area contributed by atoms with Gasteiger partial charge in [-0.3, -0.25) is 0 Å². The zero-order valence-corrected chi connectivity index (χ0v) is 10.1. The van der Waals surface area contributed by atoms with E-state index < -0.39 is 0 Å². The summed E-state index contributed by atoms with van der Waals surface area (Å²) >= 11 is 0. The summed E-state index contributed by atoms with van der Waals surface area (Å²) in [6, 6.07) is 13.4. The van der Waals surface area contributed by atoms with Gasteiger partial charge in [-0.25, -0.2) is 4.39 Å². The number of nitrogens with two attached hydrogens (primary N) is 1. The molecule has 1 aliphatic rings. The van der Waals surface area contributed by atoms with Gasteiger partial charge in [-0.15, -0.1) is 0 Å². The van der Waals surface area contributed by atoms with Crippen molar-refractivity contribution in [2.75, 3.05) is 17.2 Å². The molecule has 2 aromatic carbocycles. The molecule has 0 aromatic heterocycles. The molecule has 92 valence electrons. The number of fused-ring (bicyclic) bond motifs is 1. The molecule has 0 atom stereocenters. The van der Waals surface area contributed by atoms with E-state index in [1.54, 1.807) is 6.07 Å². The molecule has 0 saturated heterocycles. The minimum Gasteiger partial charge on any atom is -0.395 e. The molecule has 3 heteroatoms. The van der Waals surface area contributed by atoms with Gasteiger partial charge in [-0.05, 0) is 29.7 Å². The van der Waals surface area contributed by atoms with Crippen LogP contribution in [0.3, 0.4) is 0 Å². The van der Waals surface area contributed by atoms with Crippen molar-refractivity contribution in [2.24, 2.45) is 0 Å². The maximum atomic E-state index is 13.5. The van der Waals surface area contributed by atoms with E-state index in [-0.39, 0.29) is 11.5 Å². The topological polar surface area (TPSA) is 29.3 Å². The van der Waals surface area contributed by atoms with Crippen LogP contribution in [0.1, 0.15) is 11.1 Å². The Morgan fingerprint density at radius 1 is 1.00 bits per heavy atom. The molecule has 0 spiro atoms. The van der Waals surface area contributed by atoms with E-state index >= 15 is 0 Å². The maximum Gasteiger partial charge on any atom is 0.148 e. The van der Waals surface area contributed by atoms with Crippen LogP contribution in [-0.4, -0.2) is 6.54 Å². The van der Waals surface area contributed by atoms with E-state index in [4.69, 9.17) is 5.73 Å². The van der Waals surface area contributed by atoms with Crippen molar-refractivity contribution < 1.29 is 4.39 Å². The van der Waals surface area contributed by atoms with E-state index in [0.717, 1.165) is 25.2 Å². The highest BCUT2D eigenvalue weighted by molar-refractivity contribution is 5.68. The largest absolute Gasteiger partial charge is 0.395 e. The highest BCUT2D eigenvalue weighted by atomic mass is 19.1. The lowest BCUT2D eigenvalue weighted by Gasteiger charge is -2.31. The molecule has 0 saturated carbocycles. The summed E-state index contributed by atoms with van der Waals surface area (Å²) in [7, 11) is 0. The lowest BCUT2D eigenvalue weighted by Crippen LogP contribution is -2.31. The van der Waals surface area contributed by atoms with Crippen LogP contribution in [0.25, 0.3) is 0 Å².